The molecule has 0 spiro atoms. The number of nitrogens with zero attached hydrogens (tertiary/aromatic N) is 1. The van der Waals surface area contributed by atoms with Crippen molar-refractivity contribution in [1.29, 1.82) is 0 Å². The Morgan fingerprint density at radius 1 is 0.950 bits per heavy atom. The van der Waals surface area contributed by atoms with E-state index < -0.39 is 5.54 Å². The minimum atomic E-state index is -0.640. The minimum Gasteiger partial charge on any atom is -0.368 e. The molecular weight excluding hydrogens is 254 g/mol. The topological polar surface area (TPSA) is 75.4 Å². The Morgan fingerprint density at radius 2 is 1.50 bits per heavy atom. The van der Waals surface area contributed by atoms with Crippen LogP contribution in [0, 0.1) is 0 Å². The fraction of sp³-hybridized carbons (Fsp3) is 0.867. The maximum absolute atomic E-state index is 12.3. The molecule has 0 unspecified atom stereocenters. The normalized spacial score (nSPS) is 23.1. The number of likely N-dealkylation sites (tertiary alicyclic amines) is 1. The third-order valence-electron chi connectivity index (χ3n) is 4.72. The molecule has 0 aromatic heterocycles. The van der Waals surface area contributed by atoms with E-state index >= 15 is 0 Å². The molecule has 0 radical (unpaired) electrons. The molecule has 5 nitrogen and oxygen atoms in total. The van der Waals surface area contributed by atoms with E-state index in [0.717, 1.165) is 51.6 Å². The summed E-state index contributed by atoms with van der Waals surface area (Å²) in [4.78, 5) is 25.9. The van der Waals surface area contributed by atoms with E-state index in [2.05, 4.69) is 5.32 Å². The molecule has 114 valence electrons. The second-order valence-electron chi connectivity index (χ2n) is 6.16. The van der Waals surface area contributed by atoms with Crippen LogP contribution in [0.1, 0.15) is 57.8 Å². The van der Waals surface area contributed by atoms with E-state index in [1.165, 1.54) is 19.3 Å². The number of primary amides is 1. The molecule has 0 aromatic rings. The van der Waals surface area contributed by atoms with Gasteiger partial charge in [-0.2, -0.15) is 0 Å². The Balaban J connectivity index is 1.85. The van der Waals surface area contributed by atoms with Gasteiger partial charge in [-0.1, -0.05) is 32.1 Å². The predicted molar refractivity (Wildman–Crippen MR) is 78.1 cm³/mol. The fourth-order valence-electron chi connectivity index (χ4n) is 3.34. The zero-order valence-electron chi connectivity index (χ0n) is 12.3. The van der Waals surface area contributed by atoms with Crippen molar-refractivity contribution >= 4 is 11.8 Å². The Morgan fingerprint density at radius 3 is 2.05 bits per heavy atom. The van der Waals surface area contributed by atoms with Gasteiger partial charge in [0, 0.05) is 13.1 Å². The summed E-state index contributed by atoms with van der Waals surface area (Å²) < 4.78 is 0. The van der Waals surface area contributed by atoms with Crippen molar-refractivity contribution < 1.29 is 9.59 Å². The molecule has 2 fully saturated rings. The largest absolute Gasteiger partial charge is 0.368 e. The second-order valence-corrected chi connectivity index (χ2v) is 6.16. The summed E-state index contributed by atoms with van der Waals surface area (Å²) in [6, 6.07) is 0. The van der Waals surface area contributed by atoms with Gasteiger partial charge in [-0.15, -0.1) is 0 Å². The van der Waals surface area contributed by atoms with Gasteiger partial charge in [0.1, 0.15) is 0 Å². The van der Waals surface area contributed by atoms with Crippen LogP contribution in [0.3, 0.4) is 0 Å². The van der Waals surface area contributed by atoms with Crippen molar-refractivity contribution in [1.82, 2.24) is 10.2 Å². The van der Waals surface area contributed by atoms with Crippen molar-refractivity contribution in [3.63, 3.8) is 0 Å². The van der Waals surface area contributed by atoms with E-state index in [9.17, 15) is 9.59 Å². The van der Waals surface area contributed by atoms with Crippen LogP contribution in [-0.4, -0.2) is 41.9 Å². The first-order valence-corrected chi connectivity index (χ1v) is 7.97. The summed E-state index contributed by atoms with van der Waals surface area (Å²) in [6.07, 6.45) is 9.42. The van der Waals surface area contributed by atoms with E-state index in [0.29, 0.717) is 0 Å². The average Bonchev–Trinajstić information content (AvgIpc) is 2.85. The molecule has 3 N–H and O–H groups in total. The molecule has 0 bridgehead atoms. The van der Waals surface area contributed by atoms with E-state index in [1.54, 1.807) is 0 Å². The minimum absolute atomic E-state index is 0.111. The standard InChI is InChI=1S/C15H27N3O2/c16-14(20)15(8-4-5-9-15)17-12-13(19)18-10-6-2-1-3-7-11-18/h17H,1-12H2,(H2,16,20). The molecule has 20 heavy (non-hydrogen) atoms. The Kier molecular flexibility index (Phi) is 5.40. The number of hydrogen-bond acceptors (Lipinski definition) is 3. The van der Waals surface area contributed by atoms with E-state index in [4.69, 9.17) is 5.73 Å². The molecule has 5 heteroatoms. The van der Waals surface area contributed by atoms with Gasteiger partial charge in [-0.05, 0) is 25.7 Å². The van der Waals surface area contributed by atoms with Crippen molar-refractivity contribution in [3.8, 4) is 0 Å². The van der Waals surface area contributed by atoms with Crippen molar-refractivity contribution in [2.75, 3.05) is 19.6 Å². The maximum Gasteiger partial charge on any atom is 0.237 e. The predicted octanol–water partition coefficient (Wildman–Crippen LogP) is 1.17. The highest BCUT2D eigenvalue weighted by Crippen LogP contribution is 2.29. The van der Waals surface area contributed by atoms with Gasteiger partial charge in [0.05, 0.1) is 12.1 Å². The van der Waals surface area contributed by atoms with Gasteiger partial charge < -0.3 is 10.6 Å². The lowest BCUT2D eigenvalue weighted by atomic mass is 9.97. The lowest BCUT2D eigenvalue weighted by Gasteiger charge is -2.29. The molecule has 0 atom stereocenters. The molecular formula is C15H27N3O2. The van der Waals surface area contributed by atoms with Crippen LogP contribution in [0.25, 0.3) is 0 Å². The summed E-state index contributed by atoms with van der Waals surface area (Å²) >= 11 is 0. The number of hydrogen-bond donors (Lipinski definition) is 2. The Hall–Kier alpha value is -1.10. The molecule has 1 aliphatic carbocycles. The van der Waals surface area contributed by atoms with E-state index in [-0.39, 0.29) is 18.4 Å². The van der Waals surface area contributed by atoms with Gasteiger partial charge in [-0.3, -0.25) is 14.9 Å². The monoisotopic (exact) mass is 281 g/mol. The molecule has 0 aromatic carbocycles. The number of carbonyl (C=O) groups is 2. The zero-order chi connectivity index (χ0) is 14.4. The van der Waals surface area contributed by atoms with Gasteiger partial charge in [-0.25, -0.2) is 0 Å². The first kappa shape index (κ1) is 15.3. The van der Waals surface area contributed by atoms with Crippen LogP contribution >= 0.6 is 0 Å². The summed E-state index contributed by atoms with van der Waals surface area (Å²) in [5.74, 6) is -0.199. The fourth-order valence-corrected chi connectivity index (χ4v) is 3.34. The van der Waals surface area contributed by atoms with Gasteiger partial charge in [0.25, 0.3) is 0 Å². The van der Waals surface area contributed by atoms with Crippen LogP contribution in [0.5, 0.6) is 0 Å². The molecule has 2 amide bonds. The average molecular weight is 281 g/mol. The molecule has 1 saturated heterocycles. The third-order valence-corrected chi connectivity index (χ3v) is 4.72. The molecule has 1 saturated carbocycles. The highest BCUT2D eigenvalue weighted by atomic mass is 16.2. The SMILES string of the molecule is NC(=O)C1(NCC(=O)N2CCCCCCC2)CCCC1. The smallest absolute Gasteiger partial charge is 0.237 e. The molecule has 2 aliphatic rings. The molecule has 1 heterocycles. The quantitative estimate of drug-likeness (QED) is 0.812. The van der Waals surface area contributed by atoms with Crippen LogP contribution in [0.2, 0.25) is 0 Å². The number of amides is 2. The van der Waals surface area contributed by atoms with E-state index in [1.807, 2.05) is 4.90 Å². The third kappa shape index (κ3) is 3.72. The maximum atomic E-state index is 12.3. The lowest BCUT2D eigenvalue weighted by molar-refractivity contribution is -0.131. The first-order valence-electron chi connectivity index (χ1n) is 7.97. The van der Waals surface area contributed by atoms with Crippen LogP contribution in [0.15, 0.2) is 0 Å². The van der Waals surface area contributed by atoms with Gasteiger partial charge in [0.15, 0.2) is 0 Å². The summed E-state index contributed by atoms with van der Waals surface area (Å²) in [5.41, 5.74) is 4.88. The number of carbonyl (C=O) groups excluding carboxylic acids is 2. The highest BCUT2D eigenvalue weighted by Gasteiger charge is 2.39. The Labute approximate surface area is 121 Å². The second kappa shape index (κ2) is 7.07. The van der Waals surface area contributed by atoms with Crippen LogP contribution in [-0.2, 0) is 9.59 Å². The summed E-state index contributed by atoms with van der Waals surface area (Å²) in [7, 11) is 0. The number of nitrogens with one attached hydrogen (secondary N) is 1. The van der Waals surface area contributed by atoms with Crippen molar-refractivity contribution in [2.24, 2.45) is 5.73 Å². The lowest BCUT2D eigenvalue weighted by Crippen LogP contribution is -2.56. The summed E-state index contributed by atoms with van der Waals surface area (Å²) in [5, 5.41) is 3.16. The van der Waals surface area contributed by atoms with Crippen molar-refractivity contribution in [2.45, 2.75) is 63.3 Å². The summed E-state index contributed by atoms with van der Waals surface area (Å²) in [6.45, 7) is 1.94. The van der Waals surface area contributed by atoms with Crippen LogP contribution in [0.4, 0.5) is 0 Å². The molecule has 2 rings (SSSR count). The molecule has 1 aliphatic heterocycles. The zero-order valence-corrected chi connectivity index (χ0v) is 12.3. The highest BCUT2D eigenvalue weighted by molar-refractivity contribution is 5.86. The van der Waals surface area contributed by atoms with Crippen LogP contribution < -0.4 is 11.1 Å². The van der Waals surface area contributed by atoms with Gasteiger partial charge >= 0.3 is 0 Å². The van der Waals surface area contributed by atoms with Gasteiger partial charge in [0.2, 0.25) is 11.8 Å². The number of nitrogens with two attached hydrogens (primary N) is 1. The number of rotatable bonds is 4. The Bertz CT molecular complexity index is 343. The van der Waals surface area contributed by atoms with Crippen molar-refractivity contribution in [3.05, 3.63) is 0 Å². The first-order chi connectivity index (χ1) is 9.64.